The Balaban J connectivity index is 1.91. The van der Waals surface area contributed by atoms with Crippen LogP contribution < -0.4 is 5.32 Å². The van der Waals surface area contributed by atoms with E-state index in [0.29, 0.717) is 12.5 Å². The molecule has 1 saturated heterocycles. The van der Waals surface area contributed by atoms with Crippen LogP contribution in [0.5, 0.6) is 0 Å². The van der Waals surface area contributed by atoms with Crippen molar-refractivity contribution in [2.24, 2.45) is 5.92 Å². The van der Waals surface area contributed by atoms with Crippen LogP contribution in [0.3, 0.4) is 0 Å². The summed E-state index contributed by atoms with van der Waals surface area (Å²) in [6, 6.07) is 0. The lowest BCUT2D eigenvalue weighted by Crippen LogP contribution is -2.58. The molecule has 1 aliphatic rings. The van der Waals surface area contributed by atoms with Gasteiger partial charge >= 0.3 is 0 Å². The maximum Gasteiger partial charge on any atom is 0.158 e. The van der Waals surface area contributed by atoms with E-state index in [2.05, 4.69) is 40.9 Å². The smallest absolute Gasteiger partial charge is 0.158 e. The zero-order valence-electron chi connectivity index (χ0n) is 10.2. The molecule has 1 aromatic heterocycles. The van der Waals surface area contributed by atoms with E-state index >= 15 is 0 Å². The zero-order chi connectivity index (χ0) is 11.6. The van der Waals surface area contributed by atoms with Crippen LogP contribution >= 0.6 is 0 Å². The Morgan fingerprint density at radius 3 is 2.88 bits per heavy atom. The minimum absolute atomic E-state index is 0.0192. The highest BCUT2D eigenvalue weighted by molar-refractivity contribution is 4.92. The van der Waals surface area contributed by atoms with Gasteiger partial charge in [-0.2, -0.15) is 0 Å². The number of nitrogens with one attached hydrogen (secondary N) is 1. The van der Waals surface area contributed by atoms with Crippen molar-refractivity contribution in [1.82, 2.24) is 20.1 Å². The van der Waals surface area contributed by atoms with Crippen LogP contribution in [0.4, 0.5) is 0 Å². The first-order chi connectivity index (χ1) is 7.59. The first-order valence-electron chi connectivity index (χ1n) is 5.80. The number of hydrogen-bond donors (Lipinski definition) is 1. The minimum atomic E-state index is -0.0192. The normalized spacial score (nSPS) is 18.8. The van der Waals surface area contributed by atoms with E-state index in [-0.39, 0.29) is 5.60 Å². The molecule has 1 aromatic rings. The summed E-state index contributed by atoms with van der Waals surface area (Å²) in [5.41, 5.74) is -0.0192. The Labute approximate surface area is 96.2 Å². The molecule has 0 unspecified atom stereocenters. The van der Waals surface area contributed by atoms with Crippen LogP contribution in [-0.2, 0) is 17.9 Å². The molecule has 0 spiro atoms. The zero-order valence-corrected chi connectivity index (χ0v) is 10.2. The number of aromatic nitrogens is 3. The molecular formula is C11H20N4O. The van der Waals surface area contributed by atoms with E-state index in [9.17, 15) is 0 Å². The van der Waals surface area contributed by atoms with Gasteiger partial charge in [-0.15, -0.1) is 10.2 Å². The molecule has 0 aromatic carbocycles. The molecule has 1 aliphatic heterocycles. The highest BCUT2D eigenvalue weighted by atomic mass is 16.5. The number of nitrogens with zero attached hydrogens (tertiary/aromatic N) is 3. The van der Waals surface area contributed by atoms with Crippen molar-refractivity contribution in [3.05, 3.63) is 12.2 Å². The van der Waals surface area contributed by atoms with Gasteiger partial charge in [-0.1, -0.05) is 13.8 Å². The van der Waals surface area contributed by atoms with E-state index < -0.39 is 0 Å². The molecule has 1 fully saturated rings. The monoisotopic (exact) mass is 224 g/mol. The van der Waals surface area contributed by atoms with Crippen molar-refractivity contribution in [2.75, 3.05) is 13.1 Å². The highest BCUT2D eigenvalue weighted by Crippen LogP contribution is 2.17. The first kappa shape index (κ1) is 11.5. The average molecular weight is 224 g/mol. The van der Waals surface area contributed by atoms with Gasteiger partial charge in [0.1, 0.15) is 12.9 Å². The summed E-state index contributed by atoms with van der Waals surface area (Å²) in [4.78, 5) is 0. The number of rotatable bonds is 5. The molecule has 0 aliphatic carbocycles. The maximum absolute atomic E-state index is 5.85. The van der Waals surface area contributed by atoms with E-state index in [1.54, 1.807) is 6.33 Å². The average Bonchev–Trinajstić information content (AvgIpc) is 2.58. The largest absolute Gasteiger partial charge is 0.365 e. The van der Waals surface area contributed by atoms with Crippen LogP contribution in [0.1, 0.15) is 26.6 Å². The molecule has 0 saturated carbocycles. The summed E-state index contributed by atoms with van der Waals surface area (Å²) >= 11 is 0. The summed E-state index contributed by atoms with van der Waals surface area (Å²) in [5.74, 6) is 1.51. The molecule has 16 heavy (non-hydrogen) atoms. The fourth-order valence-corrected chi connectivity index (χ4v) is 1.75. The Hall–Kier alpha value is -0.940. The van der Waals surface area contributed by atoms with E-state index in [0.717, 1.165) is 25.5 Å². The van der Waals surface area contributed by atoms with Crippen LogP contribution in [-0.4, -0.2) is 33.5 Å². The number of ether oxygens (including phenoxy) is 1. The van der Waals surface area contributed by atoms with Crippen molar-refractivity contribution in [3.8, 4) is 0 Å². The molecule has 2 heterocycles. The molecule has 0 bridgehead atoms. The van der Waals surface area contributed by atoms with Gasteiger partial charge in [0, 0.05) is 19.6 Å². The van der Waals surface area contributed by atoms with Crippen LogP contribution in [0.15, 0.2) is 6.33 Å². The summed E-state index contributed by atoms with van der Waals surface area (Å²) in [6.07, 6.45) is 1.78. The molecule has 5 heteroatoms. The molecule has 90 valence electrons. The summed E-state index contributed by atoms with van der Waals surface area (Å²) in [5, 5.41) is 11.2. The van der Waals surface area contributed by atoms with Crippen molar-refractivity contribution < 1.29 is 4.74 Å². The lowest BCUT2D eigenvalue weighted by atomic mass is 10.0. The minimum Gasteiger partial charge on any atom is -0.365 e. The van der Waals surface area contributed by atoms with Gasteiger partial charge < -0.3 is 14.6 Å². The Bertz CT molecular complexity index is 344. The number of hydrogen-bond acceptors (Lipinski definition) is 4. The van der Waals surface area contributed by atoms with Gasteiger partial charge in [-0.25, -0.2) is 0 Å². The van der Waals surface area contributed by atoms with Crippen molar-refractivity contribution in [3.63, 3.8) is 0 Å². The molecule has 0 amide bonds. The van der Waals surface area contributed by atoms with Gasteiger partial charge in [0.05, 0.1) is 5.60 Å². The second-order valence-electron chi connectivity index (χ2n) is 5.14. The Morgan fingerprint density at radius 1 is 1.56 bits per heavy atom. The standard InChI is InChI=1S/C11H20N4O/c1-9(2)4-15-8-13-14-10(15)5-16-11(3)6-12-7-11/h8-9,12H,4-7H2,1-3H3. The summed E-state index contributed by atoms with van der Waals surface area (Å²) < 4.78 is 7.92. The topological polar surface area (TPSA) is 52.0 Å². The van der Waals surface area contributed by atoms with Gasteiger partial charge in [0.2, 0.25) is 0 Å². The molecule has 0 radical (unpaired) electrons. The first-order valence-corrected chi connectivity index (χ1v) is 5.80. The van der Waals surface area contributed by atoms with E-state index in [1.807, 2.05) is 0 Å². The third-order valence-electron chi connectivity index (χ3n) is 2.81. The lowest BCUT2D eigenvalue weighted by molar-refractivity contribution is -0.0799. The molecular weight excluding hydrogens is 204 g/mol. The lowest BCUT2D eigenvalue weighted by Gasteiger charge is -2.38. The second kappa shape index (κ2) is 4.51. The predicted molar refractivity (Wildman–Crippen MR) is 60.9 cm³/mol. The molecule has 2 rings (SSSR count). The van der Waals surface area contributed by atoms with Crippen LogP contribution in [0, 0.1) is 5.92 Å². The Morgan fingerprint density at radius 2 is 2.31 bits per heavy atom. The third kappa shape index (κ3) is 2.59. The fraction of sp³-hybridized carbons (Fsp3) is 0.818. The fourth-order valence-electron chi connectivity index (χ4n) is 1.75. The van der Waals surface area contributed by atoms with Gasteiger partial charge in [0.25, 0.3) is 0 Å². The second-order valence-corrected chi connectivity index (χ2v) is 5.14. The van der Waals surface area contributed by atoms with Gasteiger partial charge in [-0.05, 0) is 12.8 Å². The molecule has 0 atom stereocenters. The van der Waals surface area contributed by atoms with E-state index in [1.165, 1.54) is 0 Å². The molecule has 5 nitrogen and oxygen atoms in total. The third-order valence-corrected chi connectivity index (χ3v) is 2.81. The van der Waals surface area contributed by atoms with Crippen LogP contribution in [0.25, 0.3) is 0 Å². The summed E-state index contributed by atoms with van der Waals surface area (Å²) in [6.45, 7) is 9.82. The van der Waals surface area contributed by atoms with Crippen molar-refractivity contribution in [1.29, 1.82) is 0 Å². The SMILES string of the molecule is CC(C)Cn1cnnc1COC1(C)CNC1. The van der Waals surface area contributed by atoms with Crippen molar-refractivity contribution >= 4 is 0 Å². The van der Waals surface area contributed by atoms with Gasteiger partial charge in [0.15, 0.2) is 5.82 Å². The van der Waals surface area contributed by atoms with Gasteiger partial charge in [-0.3, -0.25) is 0 Å². The highest BCUT2D eigenvalue weighted by Gasteiger charge is 2.32. The van der Waals surface area contributed by atoms with E-state index in [4.69, 9.17) is 4.74 Å². The molecule has 1 N–H and O–H groups in total. The quantitative estimate of drug-likeness (QED) is 0.804. The van der Waals surface area contributed by atoms with Crippen molar-refractivity contribution in [2.45, 2.75) is 39.5 Å². The van der Waals surface area contributed by atoms with Crippen LogP contribution in [0.2, 0.25) is 0 Å². The summed E-state index contributed by atoms with van der Waals surface area (Å²) in [7, 11) is 0. The maximum atomic E-state index is 5.85. The predicted octanol–water partition coefficient (Wildman–Crippen LogP) is 0.813. The Kier molecular flexibility index (Phi) is 3.25.